The highest BCUT2D eigenvalue weighted by Crippen LogP contribution is 2.43. The van der Waals surface area contributed by atoms with Crippen LogP contribution < -0.4 is 14.2 Å². The van der Waals surface area contributed by atoms with E-state index < -0.39 is 15.9 Å². The lowest BCUT2D eigenvalue weighted by Gasteiger charge is -2.30. The normalized spacial score (nSPS) is 19.0. The number of hydrogen-bond acceptors (Lipinski definition) is 7. The molecule has 208 valence electrons. The lowest BCUT2D eigenvalue weighted by Crippen LogP contribution is -2.33. The van der Waals surface area contributed by atoms with Gasteiger partial charge >= 0.3 is 0 Å². The first-order valence-electron chi connectivity index (χ1n) is 13.5. The van der Waals surface area contributed by atoms with E-state index in [4.69, 9.17) is 9.15 Å². The van der Waals surface area contributed by atoms with Gasteiger partial charge in [0, 0.05) is 24.4 Å². The van der Waals surface area contributed by atoms with Crippen LogP contribution in [0, 0.1) is 5.41 Å². The second-order valence-corrected chi connectivity index (χ2v) is 13.8. The standard InChI is InChI=1S/C31H32N2O5S2/c1-4-32-29(39-27-11-10-25-23(30(27)32)12-14-37-25)18-22-16-21(19-31(2,3)20-22)17-28-33(13-7-15-40(34,35)36)24-8-5-6-9-26(24)38-28/h5-6,8-12,14,16-18H,4,7,13,15,19-20H2,1-3H3. The van der Waals surface area contributed by atoms with Crippen molar-refractivity contribution < 1.29 is 26.7 Å². The third kappa shape index (κ3) is 5.33. The number of rotatable bonds is 7. The molecule has 9 heteroatoms. The summed E-state index contributed by atoms with van der Waals surface area (Å²) in [5, 5.41) is 2.33. The molecule has 0 radical (unpaired) electrons. The van der Waals surface area contributed by atoms with Crippen molar-refractivity contribution in [3.63, 3.8) is 0 Å². The molecule has 0 saturated carbocycles. The Kier molecular flexibility index (Phi) is 6.84. The maximum Gasteiger partial charge on any atom is 0.263 e. The van der Waals surface area contributed by atoms with Crippen LogP contribution in [0.15, 0.2) is 82.3 Å². The van der Waals surface area contributed by atoms with Crippen molar-refractivity contribution >= 4 is 54.4 Å². The molecular weight excluding hydrogens is 544 g/mol. The van der Waals surface area contributed by atoms with Gasteiger partial charge < -0.3 is 18.6 Å². The Hall–Kier alpha value is -3.40. The Labute approximate surface area is 238 Å². The summed E-state index contributed by atoms with van der Waals surface area (Å²) in [6.45, 7) is 7.96. The molecule has 0 atom stereocenters. The van der Waals surface area contributed by atoms with Crippen LogP contribution in [-0.4, -0.2) is 25.3 Å². The molecule has 0 unspecified atom stereocenters. The van der Waals surface area contributed by atoms with E-state index in [0.29, 0.717) is 12.4 Å². The van der Waals surface area contributed by atoms with E-state index in [2.05, 4.69) is 49.6 Å². The van der Waals surface area contributed by atoms with Gasteiger partial charge in [0.05, 0.1) is 27.5 Å². The SMILES string of the molecule is CC[n+]1c(/C=C2C=C(/C=C3\Oc4ccccc4N3CCCS(=O)(=O)[O-])CC(C)(C)C/2)sc2ccc3occc3c21. The average Bonchev–Trinajstić information content (AvgIpc) is 3.57. The molecule has 0 saturated heterocycles. The monoisotopic (exact) mass is 576 g/mol. The van der Waals surface area contributed by atoms with Gasteiger partial charge in [-0.2, -0.15) is 4.57 Å². The van der Waals surface area contributed by atoms with Crippen LogP contribution >= 0.6 is 11.3 Å². The first kappa shape index (κ1) is 26.8. The fraction of sp³-hybridized carbons (Fsp3) is 0.323. The molecule has 1 aliphatic heterocycles. The summed E-state index contributed by atoms with van der Waals surface area (Å²) in [7, 11) is -4.28. The lowest BCUT2D eigenvalue weighted by molar-refractivity contribution is -0.664. The summed E-state index contributed by atoms with van der Waals surface area (Å²) in [6, 6.07) is 13.9. The van der Waals surface area contributed by atoms with E-state index >= 15 is 0 Å². The maximum atomic E-state index is 11.2. The number of thiazole rings is 1. The molecule has 0 N–H and O–H groups in total. The average molecular weight is 577 g/mol. The Morgan fingerprint density at radius 1 is 1.12 bits per heavy atom. The molecule has 0 bridgehead atoms. The minimum atomic E-state index is -4.28. The molecular formula is C31H32N2O5S2. The highest BCUT2D eigenvalue weighted by atomic mass is 32.2. The zero-order valence-corrected chi connectivity index (χ0v) is 24.5. The van der Waals surface area contributed by atoms with Crippen molar-refractivity contribution in [1.82, 2.24) is 0 Å². The van der Waals surface area contributed by atoms with E-state index in [1.54, 1.807) is 17.6 Å². The summed E-state index contributed by atoms with van der Waals surface area (Å²) in [5.74, 6) is 0.977. The zero-order chi connectivity index (χ0) is 28.1. The van der Waals surface area contributed by atoms with Crippen LogP contribution in [0.4, 0.5) is 5.69 Å². The van der Waals surface area contributed by atoms with Crippen molar-refractivity contribution in [2.24, 2.45) is 5.41 Å². The molecule has 6 rings (SSSR count). The van der Waals surface area contributed by atoms with Gasteiger partial charge in [0.15, 0.2) is 5.75 Å². The summed E-state index contributed by atoms with van der Waals surface area (Å²) >= 11 is 1.79. The molecule has 3 heterocycles. The quantitative estimate of drug-likeness (QED) is 0.178. The maximum absolute atomic E-state index is 11.2. The number of anilines is 1. The Bertz CT molecular complexity index is 1810. The Morgan fingerprint density at radius 3 is 2.75 bits per heavy atom. The fourth-order valence-corrected chi connectivity index (χ4v) is 7.57. The lowest BCUT2D eigenvalue weighted by atomic mass is 9.75. The van der Waals surface area contributed by atoms with Gasteiger partial charge in [-0.05, 0) is 73.1 Å². The summed E-state index contributed by atoms with van der Waals surface area (Å²) in [5.41, 5.74) is 5.43. The number of fused-ring (bicyclic) bond motifs is 4. The van der Waals surface area contributed by atoms with Crippen LogP contribution in [0.5, 0.6) is 5.75 Å². The summed E-state index contributed by atoms with van der Waals surface area (Å²) in [6.07, 6.45) is 10.4. The third-order valence-corrected chi connectivity index (χ3v) is 9.29. The van der Waals surface area contributed by atoms with Crippen molar-refractivity contribution in [3.8, 4) is 5.75 Å². The smallest absolute Gasteiger partial charge is 0.263 e. The number of aryl methyl sites for hydroxylation is 1. The topological polar surface area (TPSA) is 86.7 Å². The molecule has 0 amide bonds. The van der Waals surface area contributed by atoms with Crippen LogP contribution in [0.25, 0.3) is 27.3 Å². The number of furan rings is 1. The predicted molar refractivity (Wildman–Crippen MR) is 158 cm³/mol. The van der Waals surface area contributed by atoms with Gasteiger partial charge in [-0.3, -0.25) is 0 Å². The zero-order valence-electron chi connectivity index (χ0n) is 22.8. The molecule has 2 aromatic heterocycles. The van der Waals surface area contributed by atoms with Gasteiger partial charge in [0.2, 0.25) is 11.4 Å². The molecule has 4 aromatic rings. The summed E-state index contributed by atoms with van der Waals surface area (Å²) in [4.78, 5) is 1.97. The predicted octanol–water partition coefficient (Wildman–Crippen LogP) is 6.76. The van der Waals surface area contributed by atoms with E-state index in [-0.39, 0.29) is 11.8 Å². The molecule has 7 nitrogen and oxygen atoms in total. The second kappa shape index (κ2) is 10.2. The fourth-order valence-electron chi connectivity index (χ4n) is 5.87. The minimum Gasteiger partial charge on any atom is -0.748 e. The highest BCUT2D eigenvalue weighted by molar-refractivity contribution is 7.85. The molecule has 0 fully saturated rings. The van der Waals surface area contributed by atoms with Crippen LogP contribution in [-0.2, 0) is 16.7 Å². The number of nitrogens with zero attached hydrogens (tertiary/aromatic N) is 2. The third-order valence-electron chi connectivity index (χ3n) is 7.40. The number of hydrogen-bond donors (Lipinski definition) is 0. The number of aromatic nitrogens is 1. The van der Waals surface area contributed by atoms with E-state index in [1.165, 1.54) is 20.8 Å². The van der Waals surface area contributed by atoms with Crippen LogP contribution in [0.3, 0.4) is 0 Å². The number of ether oxygens (including phenoxy) is 1. The molecule has 2 aromatic carbocycles. The van der Waals surface area contributed by atoms with Gasteiger partial charge in [-0.15, -0.1) is 0 Å². The molecule has 2 aliphatic rings. The minimum absolute atomic E-state index is 0.0471. The van der Waals surface area contributed by atoms with Gasteiger partial charge in [0.25, 0.3) is 5.01 Å². The first-order valence-corrected chi connectivity index (χ1v) is 15.9. The van der Waals surface area contributed by atoms with Crippen molar-refractivity contribution in [2.45, 2.75) is 46.6 Å². The number of allylic oxidation sites excluding steroid dienone is 4. The summed E-state index contributed by atoms with van der Waals surface area (Å²) < 4.78 is 49.1. The number of benzene rings is 2. The molecule has 40 heavy (non-hydrogen) atoms. The Balaban J connectivity index is 1.37. The first-order chi connectivity index (χ1) is 19.1. The molecule has 1 aliphatic carbocycles. The van der Waals surface area contributed by atoms with Gasteiger partial charge in [-0.25, -0.2) is 8.42 Å². The van der Waals surface area contributed by atoms with Crippen molar-refractivity contribution in [1.29, 1.82) is 0 Å². The van der Waals surface area contributed by atoms with E-state index in [9.17, 15) is 13.0 Å². The highest BCUT2D eigenvalue weighted by Gasteiger charge is 2.30. The Morgan fingerprint density at radius 2 is 1.95 bits per heavy atom. The van der Waals surface area contributed by atoms with Crippen LogP contribution in [0.2, 0.25) is 0 Å². The van der Waals surface area contributed by atoms with E-state index in [0.717, 1.165) is 47.4 Å². The van der Waals surface area contributed by atoms with Crippen LogP contribution in [0.1, 0.15) is 45.0 Å². The van der Waals surface area contributed by atoms with Crippen molar-refractivity contribution in [2.75, 3.05) is 17.2 Å². The van der Waals surface area contributed by atoms with Crippen molar-refractivity contribution in [3.05, 3.63) is 82.9 Å². The van der Waals surface area contributed by atoms with Gasteiger partial charge in [0.1, 0.15) is 16.8 Å². The molecule has 0 spiro atoms. The van der Waals surface area contributed by atoms with Gasteiger partial charge in [-0.1, -0.05) is 43.4 Å². The number of para-hydroxylation sites is 2. The largest absolute Gasteiger partial charge is 0.748 e. The van der Waals surface area contributed by atoms with E-state index in [1.807, 2.05) is 41.3 Å². The second-order valence-electron chi connectivity index (χ2n) is 11.2.